The van der Waals surface area contributed by atoms with E-state index in [1.165, 1.54) is 23.0 Å². The van der Waals surface area contributed by atoms with Crippen LogP contribution in [0.4, 0.5) is 5.82 Å². The minimum absolute atomic E-state index is 0.0540. The van der Waals surface area contributed by atoms with Crippen molar-refractivity contribution in [3.63, 3.8) is 0 Å². The molecule has 20 heavy (non-hydrogen) atoms. The molecule has 1 aromatic rings. The van der Waals surface area contributed by atoms with Crippen molar-refractivity contribution in [1.29, 1.82) is 0 Å². The number of aromatic nitrogens is 1. The van der Waals surface area contributed by atoms with E-state index in [4.69, 9.17) is 5.84 Å². The summed E-state index contributed by atoms with van der Waals surface area (Å²) in [5, 5.41) is 0. The Bertz CT molecular complexity index is 573. The van der Waals surface area contributed by atoms with E-state index in [1.54, 1.807) is 7.05 Å². The summed E-state index contributed by atoms with van der Waals surface area (Å²) in [4.78, 5) is 4.10. The van der Waals surface area contributed by atoms with Crippen LogP contribution in [0.3, 0.4) is 0 Å². The summed E-state index contributed by atoms with van der Waals surface area (Å²) < 4.78 is 27.5. The maximum Gasteiger partial charge on any atom is 0.246 e. The second kappa shape index (κ2) is 6.38. The van der Waals surface area contributed by atoms with Crippen LogP contribution in [0.15, 0.2) is 21.6 Å². The fraction of sp³-hybridized carbons (Fsp3) is 0.583. The molecule has 1 aliphatic rings. The number of pyridine rings is 1. The molecule has 0 saturated heterocycles. The van der Waals surface area contributed by atoms with E-state index in [-0.39, 0.29) is 16.8 Å². The van der Waals surface area contributed by atoms with E-state index < -0.39 is 10.0 Å². The molecule has 1 heterocycles. The lowest BCUT2D eigenvalue weighted by molar-refractivity contribution is 0.286. The third-order valence-corrected chi connectivity index (χ3v) is 6.06. The summed E-state index contributed by atoms with van der Waals surface area (Å²) in [6.07, 6.45) is 6.64. The van der Waals surface area contributed by atoms with Gasteiger partial charge >= 0.3 is 0 Å². The number of hydrogen-bond donors (Lipinski definition) is 2. The highest BCUT2D eigenvalue weighted by Crippen LogP contribution is 2.30. The molecule has 112 valence electrons. The van der Waals surface area contributed by atoms with Gasteiger partial charge in [0.25, 0.3) is 0 Å². The largest absolute Gasteiger partial charge is 0.307 e. The number of nitrogens with two attached hydrogens (primary N) is 1. The summed E-state index contributed by atoms with van der Waals surface area (Å²) in [6.45, 7) is 0. The van der Waals surface area contributed by atoms with Crippen molar-refractivity contribution in [2.24, 2.45) is 5.84 Å². The highest BCUT2D eigenvalue weighted by atomic mass is 79.9. The van der Waals surface area contributed by atoms with E-state index in [1.807, 2.05) is 0 Å². The molecule has 2 rings (SSSR count). The molecule has 0 amide bonds. The van der Waals surface area contributed by atoms with Gasteiger partial charge in [0.15, 0.2) is 5.82 Å². The van der Waals surface area contributed by atoms with Crippen LogP contribution in [0.2, 0.25) is 0 Å². The molecule has 0 aromatic carbocycles. The number of sulfonamides is 1. The van der Waals surface area contributed by atoms with Gasteiger partial charge in [-0.15, -0.1) is 0 Å². The Hall–Kier alpha value is -0.700. The van der Waals surface area contributed by atoms with Gasteiger partial charge in [-0.05, 0) is 34.8 Å². The van der Waals surface area contributed by atoms with Crippen molar-refractivity contribution in [2.75, 3.05) is 12.5 Å². The molecule has 1 aliphatic carbocycles. The lowest BCUT2D eigenvalue weighted by atomic mass is 9.96. The first-order valence-corrected chi connectivity index (χ1v) is 8.80. The molecule has 1 aromatic heterocycles. The number of nitrogens with one attached hydrogen (secondary N) is 1. The Morgan fingerprint density at radius 2 is 2.05 bits per heavy atom. The van der Waals surface area contributed by atoms with Gasteiger partial charge in [-0.25, -0.2) is 19.2 Å². The van der Waals surface area contributed by atoms with Crippen molar-refractivity contribution in [2.45, 2.75) is 43.0 Å². The zero-order valence-corrected chi connectivity index (χ0v) is 13.7. The smallest absolute Gasteiger partial charge is 0.246 e. The van der Waals surface area contributed by atoms with Crippen molar-refractivity contribution in [3.8, 4) is 0 Å². The minimum Gasteiger partial charge on any atom is -0.307 e. The van der Waals surface area contributed by atoms with Crippen LogP contribution >= 0.6 is 15.9 Å². The van der Waals surface area contributed by atoms with E-state index in [9.17, 15) is 8.42 Å². The topological polar surface area (TPSA) is 88.3 Å². The number of anilines is 1. The first kappa shape index (κ1) is 15.7. The van der Waals surface area contributed by atoms with Gasteiger partial charge < -0.3 is 5.43 Å². The number of halogens is 1. The number of nitrogen functional groups attached to an aromatic ring is 1. The molecule has 6 nitrogen and oxygen atoms in total. The van der Waals surface area contributed by atoms with E-state index in [2.05, 4.69) is 26.3 Å². The average molecular weight is 363 g/mol. The number of rotatable bonds is 4. The summed E-state index contributed by atoms with van der Waals surface area (Å²) in [7, 11) is -1.97. The summed E-state index contributed by atoms with van der Waals surface area (Å²) >= 11 is 3.25. The molecule has 0 atom stereocenters. The maximum absolute atomic E-state index is 12.7. The lowest BCUT2D eigenvalue weighted by Crippen LogP contribution is -2.38. The van der Waals surface area contributed by atoms with Gasteiger partial charge in [0.1, 0.15) is 4.90 Å². The Morgan fingerprint density at radius 3 is 2.65 bits per heavy atom. The van der Waals surface area contributed by atoms with E-state index in [0.29, 0.717) is 4.47 Å². The molecule has 0 bridgehead atoms. The van der Waals surface area contributed by atoms with Gasteiger partial charge in [0, 0.05) is 23.8 Å². The standard InChI is InChI=1S/C12H19BrN4O2S/c1-17(10-5-3-2-4-6-10)20(18,19)11-7-9(13)8-15-12(11)16-14/h7-8,10H,2-6,14H2,1H3,(H,15,16). The highest BCUT2D eigenvalue weighted by Gasteiger charge is 2.31. The average Bonchev–Trinajstić information content (AvgIpc) is 2.47. The molecule has 1 saturated carbocycles. The second-order valence-corrected chi connectivity index (χ2v) is 7.84. The highest BCUT2D eigenvalue weighted by molar-refractivity contribution is 9.10. The lowest BCUT2D eigenvalue weighted by Gasteiger charge is -2.30. The molecular formula is C12H19BrN4O2S. The molecular weight excluding hydrogens is 344 g/mol. The zero-order valence-electron chi connectivity index (χ0n) is 11.3. The third kappa shape index (κ3) is 3.13. The van der Waals surface area contributed by atoms with Crippen LogP contribution in [-0.2, 0) is 10.0 Å². The number of hydrogen-bond acceptors (Lipinski definition) is 5. The summed E-state index contributed by atoms with van der Waals surface area (Å²) in [6, 6.07) is 1.58. The van der Waals surface area contributed by atoms with Crippen LogP contribution in [0.25, 0.3) is 0 Å². The summed E-state index contributed by atoms with van der Waals surface area (Å²) in [5.74, 6) is 5.53. The Morgan fingerprint density at radius 1 is 1.40 bits per heavy atom. The van der Waals surface area contributed by atoms with Gasteiger partial charge in [0.2, 0.25) is 10.0 Å². The van der Waals surface area contributed by atoms with E-state index >= 15 is 0 Å². The van der Waals surface area contributed by atoms with Crippen LogP contribution in [0.1, 0.15) is 32.1 Å². The Balaban J connectivity index is 2.36. The first-order chi connectivity index (χ1) is 9.46. The molecule has 1 fully saturated rings. The molecule has 0 spiro atoms. The van der Waals surface area contributed by atoms with Crippen LogP contribution in [0, 0.1) is 0 Å². The minimum atomic E-state index is -3.61. The van der Waals surface area contributed by atoms with E-state index in [0.717, 1.165) is 25.7 Å². The molecule has 8 heteroatoms. The zero-order chi connectivity index (χ0) is 14.8. The SMILES string of the molecule is CN(C1CCCCC1)S(=O)(=O)c1cc(Br)cnc1NN. The predicted molar refractivity (Wildman–Crippen MR) is 81.6 cm³/mol. The monoisotopic (exact) mass is 362 g/mol. The van der Waals surface area contributed by atoms with Crippen molar-refractivity contribution in [1.82, 2.24) is 9.29 Å². The van der Waals surface area contributed by atoms with Crippen LogP contribution in [0.5, 0.6) is 0 Å². The van der Waals surface area contributed by atoms with Crippen molar-refractivity contribution < 1.29 is 8.42 Å². The van der Waals surface area contributed by atoms with Crippen molar-refractivity contribution in [3.05, 3.63) is 16.7 Å². The molecule has 0 radical (unpaired) electrons. The normalized spacial score (nSPS) is 17.4. The number of hydrazine groups is 1. The molecule has 0 aliphatic heterocycles. The third-order valence-electron chi connectivity index (χ3n) is 3.70. The van der Waals surface area contributed by atoms with Gasteiger partial charge in [0.05, 0.1) is 0 Å². The Kier molecular flexibility index (Phi) is 5.00. The molecule has 3 N–H and O–H groups in total. The quantitative estimate of drug-likeness (QED) is 0.632. The maximum atomic E-state index is 12.7. The molecule has 0 unspecified atom stereocenters. The van der Waals surface area contributed by atoms with Crippen LogP contribution < -0.4 is 11.3 Å². The first-order valence-electron chi connectivity index (χ1n) is 6.57. The predicted octanol–water partition coefficient (Wildman–Crippen LogP) is 2.08. The van der Waals surface area contributed by atoms with Gasteiger partial charge in [-0.2, -0.15) is 4.31 Å². The summed E-state index contributed by atoms with van der Waals surface area (Å²) in [5.41, 5.74) is 2.35. The number of nitrogens with zero attached hydrogens (tertiary/aromatic N) is 2. The van der Waals surface area contributed by atoms with Gasteiger partial charge in [-0.1, -0.05) is 19.3 Å². The fourth-order valence-electron chi connectivity index (χ4n) is 2.52. The fourth-order valence-corrected chi connectivity index (χ4v) is 4.55. The van der Waals surface area contributed by atoms with Gasteiger partial charge in [-0.3, -0.25) is 0 Å². The Labute approximate surface area is 127 Å². The van der Waals surface area contributed by atoms with Crippen LogP contribution in [-0.4, -0.2) is 30.8 Å². The second-order valence-electron chi connectivity index (χ2n) is 4.96. The van der Waals surface area contributed by atoms with Crippen molar-refractivity contribution >= 4 is 31.8 Å².